The first-order chi connectivity index (χ1) is 7.25. The minimum Gasteiger partial charge on any atom is -0.356 e. The Morgan fingerprint density at radius 3 is 2.87 bits per heavy atom. The predicted molar refractivity (Wildman–Crippen MR) is 60.1 cm³/mol. The second-order valence-electron chi connectivity index (χ2n) is 4.09. The Hall–Kier alpha value is -0.960. The van der Waals surface area contributed by atoms with Crippen LogP contribution >= 0.6 is 11.6 Å². The number of carbonyl (C=O) groups is 1. The van der Waals surface area contributed by atoms with Gasteiger partial charge in [0.2, 0.25) is 0 Å². The molecule has 1 amide bonds. The summed E-state index contributed by atoms with van der Waals surface area (Å²) in [5.41, 5.74) is 0.540. The number of rotatable bonds is 3. The van der Waals surface area contributed by atoms with Crippen molar-refractivity contribution in [3.8, 4) is 0 Å². The lowest BCUT2D eigenvalue weighted by molar-refractivity contribution is 0.0943. The molecule has 1 aliphatic rings. The van der Waals surface area contributed by atoms with Crippen molar-refractivity contribution in [1.82, 2.24) is 10.3 Å². The fourth-order valence-electron chi connectivity index (χ4n) is 2.05. The second kappa shape index (κ2) is 4.71. The van der Waals surface area contributed by atoms with E-state index >= 15 is 0 Å². The van der Waals surface area contributed by atoms with Crippen molar-refractivity contribution in [1.29, 1.82) is 0 Å². The van der Waals surface area contributed by atoms with Crippen molar-refractivity contribution < 1.29 is 4.79 Å². The molecular weight excluding hydrogens is 212 g/mol. The van der Waals surface area contributed by atoms with Crippen molar-refractivity contribution in [3.63, 3.8) is 0 Å². The minimum absolute atomic E-state index is 0.0613. The molecule has 1 aromatic heterocycles. The minimum atomic E-state index is -0.0613. The summed E-state index contributed by atoms with van der Waals surface area (Å²) in [6.45, 7) is 0.787. The molecule has 0 unspecified atom stereocenters. The Kier molecular flexibility index (Phi) is 3.31. The van der Waals surface area contributed by atoms with E-state index in [1.165, 1.54) is 25.7 Å². The maximum Gasteiger partial charge on any atom is 0.267 e. The zero-order chi connectivity index (χ0) is 10.7. The standard InChI is InChI=1S/C11H15ClN2O/c12-9-5-10(13-7-9)11(15)14-6-8-3-1-2-4-8/h5,7-8,13H,1-4,6H2,(H,14,15). The van der Waals surface area contributed by atoms with Gasteiger partial charge in [-0.05, 0) is 24.8 Å². The molecule has 2 rings (SSSR count). The van der Waals surface area contributed by atoms with Crippen LogP contribution < -0.4 is 5.32 Å². The van der Waals surface area contributed by atoms with Gasteiger partial charge in [-0.1, -0.05) is 24.4 Å². The monoisotopic (exact) mass is 226 g/mol. The number of carbonyl (C=O) groups excluding carboxylic acids is 1. The van der Waals surface area contributed by atoms with Gasteiger partial charge in [0.15, 0.2) is 0 Å². The Labute approximate surface area is 94.2 Å². The molecule has 0 radical (unpaired) electrons. The van der Waals surface area contributed by atoms with Crippen LogP contribution in [0.2, 0.25) is 5.02 Å². The van der Waals surface area contributed by atoms with E-state index in [-0.39, 0.29) is 5.91 Å². The van der Waals surface area contributed by atoms with Gasteiger partial charge in [-0.25, -0.2) is 0 Å². The summed E-state index contributed by atoms with van der Waals surface area (Å²) in [6.07, 6.45) is 6.70. The van der Waals surface area contributed by atoms with Gasteiger partial charge >= 0.3 is 0 Å². The highest BCUT2D eigenvalue weighted by atomic mass is 35.5. The number of H-pyrrole nitrogens is 1. The van der Waals surface area contributed by atoms with E-state index < -0.39 is 0 Å². The van der Waals surface area contributed by atoms with Crippen molar-refractivity contribution in [2.24, 2.45) is 5.92 Å². The van der Waals surface area contributed by atoms with Crippen molar-refractivity contribution >= 4 is 17.5 Å². The van der Waals surface area contributed by atoms with Crippen molar-refractivity contribution in [2.75, 3.05) is 6.54 Å². The quantitative estimate of drug-likeness (QED) is 0.818. The number of hydrogen-bond acceptors (Lipinski definition) is 1. The molecule has 0 atom stereocenters. The Morgan fingerprint density at radius 1 is 1.53 bits per heavy atom. The summed E-state index contributed by atoms with van der Waals surface area (Å²) in [4.78, 5) is 14.5. The Bertz CT molecular complexity index is 342. The molecule has 0 spiro atoms. The van der Waals surface area contributed by atoms with Crippen LogP contribution in [0.5, 0.6) is 0 Å². The first-order valence-corrected chi connectivity index (χ1v) is 5.75. The largest absolute Gasteiger partial charge is 0.356 e. The summed E-state index contributed by atoms with van der Waals surface area (Å²) >= 11 is 5.72. The fraction of sp³-hybridized carbons (Fsp3) is 0.545. The molecule has 3 nitrogen and oxygen atoms in total. The molecule has 1 aliphatic carbocycles. The molecule has 1 saturated carbocycles. The smallest absolute Gasteiger partial charge is 0.267 e. The van der Waals surface area contributed by atoms with Crippen LogP contribution in [0.15, 0.2) is 12.3 Å². The summed E-state index contributed by atoms with van der Waals surface area (Å²) in [7, 11) is 0. The lowest BCUT2D eigenvalue weighted by Gasteiger charge is -2.09. The normalized spacial score (nSPS) is 16.9. The third kappa shape index (κ3) is 2.75. The Morgan fingerprint density at radius 2 is 2.27 bits per heavy atom. The lowest BCUT2D eigenvalue weighted by Crippen LogP contribution is -2.28. The third-order valence-electron chi connectivity index (χ3n) is 2.92. The highest BCUT2D eigenvalue weighted by Gasteiger charge is 2.16. The highest BCUT2D eigenvalue weighted by Crippen LogP contribution is 2.23. The zero-order valence-corrected chi connectivity index (χ0v) is 9.31. The summed E-state index contributed by atoms with van der Waals surface area (Å²) < 4.78 is 0. The zero-order valence-electron chi connectivity index (χ0n) is 8.55. The van der Waals surface area contributed by atoms with Gasteiger partial charge in [0.25, 0.3) is 5.91 Å². The van der Waals surface area contributed by atoms with E-state index in [1.807, 2.05) is 0 Å². The van der Waals surface area contributed by atoms with Gasteiger partial charge in [0.1, 0.15) is 5.69 Å². The average Bonchev–Trinajstić information content (AvgIpc) is 2.84. The van der Waals surface area contributed by atoms with Gasteiger partial charge in [0, 0.05) is 12.7 Å². The van der Waals surface area contributed by atoms with Crippen LogP contribution in [-0.2, 0) is 0 Å². The number of aromatic nitrogens is 1. The second-order valence-corrected chi connectivity index (χ2v) is 4.53. The van der Waals surface area contributed by atoms with Gasteiger partial charge in [-0.15, -0.1) is 0 Å². The van der Waals surface area contributed by atoms with Gasteiger partial charge in [0.05, 0.1) is 5.02 Å². The first-order valence-electron chi connectivity index (χ1n) is 5.38. The van der Waals surface area contributed by atoms with E-state index in [9.17, 15) is 4.79 Å². The molecule has 1 fully saturated rings. The number of halogens is 1. The molecule has 0 aliphatic heterocycles. The van der Waals surface area contributed by atoms with Gasteiger partial charge in [-0.3, -0.25) is 4.79 Å². The van der Waals surface area contributed by atoms with Gasteiger partial charge < -0.3 is 10.3 Å². The number of amides is 1. The van der Waals surface area contributed by atoms with Gasteiger partial charge in [-0.2, -0.15) is 0 Å². The maximum atomic E-state index is 11.6. The summed E-state index contributed by atoms with van der Waals surface area (Å²) in [6, 6.07) is 1.64. The summed E-state index contributed by atoms with van der Waals surface area (Å²) in [5.74, 6) is 0.605. The third-order valence-corrected chi connectivity index (χ3v) is 3.14. The van der Waals surface area contributed by atoms with E-state index in [1.54, 1.807) is 12.3 Å². The molecule has 15 heavy (non-hydrogen) atoms. The molecule has 4 heteroatoms. The van der Waals surface area contributed by atoms with Crippen LogP contribution in [0.4, 0.5) is 0 Å². The molecule has 2 N–H and O–H groups in total. The number of hydrogen-bond donors (Lipinski definition) is 2. The summed E-state index contributed by atoms with van der Waals surface area (Å²) in [5, 5.41) is 3.50. The average molecular weight is 227 g/mol. The lowest BCUT2D eigenvalue weighted by atomic mass is 10.1. The maximum absolute atomic E-state index is 11.6. The van der Waals surface area contributed by atoms with E-state index in [0.29, 0.717) is 16.6 Å². The molecule has 0 bridgehead atoms. The first kappa shape index (κ1) is 10.6. The molecule has 0 aromatic carbocycles. The van der Waals surface area contributed by atoms with Crippen LogP contribution in [-0.4, -0.2) is 17.4 Å². The number of nitrogens with one attached hydrogen (secondary N) is 2. The predicted octanol–water partition coefficient (Wildman–Crippen LogP) is 2.59. The van der Waals surface area contributed by atoms with Crippen molar-refractivity contribution in [2.45, 2.75) is 25.7 Å². The molecule has 1 aromatic rings. The Balaban J connectivity index is 1.81. The number of aromatic amines is 1. The highest BCUT2D eigenvalue weighted by molar-refractivity contribution is 6.30. The van der Waals surface area contributed by atoms with Crippen LogP contribution in [0.25, 0.3) is 0 Å². The molecule has 1 heterocycles. The van der Waals surface area contributed by atoms with E-state index in [2.05, 4.69) is 10.3 Å². The van der Waals surface area contributed by atoms with E-state index in [0.717, 1.165) is 6.54 Å². The molecular formula is C11H15ClN2O. The SMILES string of the molecule is O=C(NCC1CCCC1)c1cc(Cl)c[nH]1. The molecule has 82 valence electrons. The van der Waals surface area contributed by atoms with Crippen LogP contribution in [0, 0.1) is 5.92 Å². The van der Waals surface area contributed by atoms with Crippen molar-refractivity contribution in [3.05, 3.63) is 23.0 Å². The topological polar surface area (TPSA) is 44.9 Å². The van der Waals surface area contributed by atoms with Crippen LogP contribution in [0.1, 0.15) is 36.2 Å². The molecule has 0 saturated heterocycles. The van der Waals surface area contributed by atoms with E-state index in [4.69, 9.17) is 11.6 Å². The van der Waals surface area contributed by atoms with Crippen LogP contribution in [0.3, 0.4) is 0 Å². The fourth-order valence-corrected chi connectivity index (χ4v) is 2.21.